The Morgan fingerprint density at radius 3 is 2.53 bits per heavy atom. The van der Waals surface area contributed by atoms with Gasteiger partial charge in [-0.1, -0.05) is 31.2 Å². The zero-order valence-corrected chi connectivity index (χ0v) is 12.3. The van der Waals surface area contributed by atoms with Gasteiger partial charge in [-0.3, -0.25) is 0 Å². The second kappa shape index (κ2) is 5.91. The molecule has 0 spiro atoms. The van der Waals surface area contributed by atoms with Gasteiger partial charge < -0.3 is 9.88 Å². The van der Waals surface area contributed by atoms with Crippen LogP contribution in [0.3, 0.4) is 0 Å². The van der Waals surface area contributed by atoms with E-state index in [2.05, 4.69) is 66.1 Å². The zero-order chi connectivity index (χ0) is 13.8. The van der Waals surface area contributed by atoms with Crippen LogP contribution in [0, 0.1) is 6.92 Å². The van der Waals surface area contributed by atoms with Gasteiger partial charge in [0.2, 0.25) is 5.95 Å². The molecular formula is C16H23N3. The van der Waals surface area contributed by atoms with E-state index in [-0.39, 0.29) is 0 Å². The van der Waals surface area contributed by atoms with E-state index in [9.17, 15) is 0 Å². The third-order valence-corrected chi connectivity index (χ3v) is 3.15. The monoisotopic (exact) mass is 257 g/mol. The maximum Gasteiger partial charge on any atom is 0.203 e. The van der Waals surface area contributed by atoms with Gasteiger partial charge in [0, 0.05) is 12.2 Å². The molecule has 1 aromatic carbocycles. The van der Waals surface area contributed by atoms with Gasteiger partial charge in [-0.25, -0.2) is 4.98 Å². The van der Waals surface area contributed by atoms with Crippen LogP contribution in [0.1, 0.15) is 37.6 Å². The van der Waals surface area contributed by atoms with Gasteiger partial charge in [-0.2, -0.15) is 0 Å². The first-order valence-corrected chi connectivity index (χ1v) is 6.97. The molecule has 1 N–H and O–H groups in total. The zero-order valence-electron chi connectivity index (χ0n) is 12.3. The third-order valence-electron chi connectivity index (χ3n) is 3.15. The van der Waals surface area contributed by atoms with Gasteiger partial charge in [0.05, 0.1) is 12.2 Å². The number of aromatic nitrogens is 2. The Labute approximate surface area is 115 Å². The average molecular weight is 257 g/mol. The number of hydrogen-bond acceptors (Lipinski definition) is 2. The summed E-state index contributed by atoms with van der Waals surface area (Å²) in [6, 6.07) is 9.01. The third kappa shape index (κ3) is 3.37. The van der Waals surface area contributed by atoms with Crippen molar-refractivity contribution in [2.75, 3.05) is 5.32 Å². The normalized spacial score (nSPS) is 11.0. The molecule has 0 amide bonds. The molecule has 1 heterocycles. The van der Waals surface area contributed by atoms with Crippen molar-refractivity contribution in [1.29, 1.82) is 0 Å². The quantitative estimate of drug-likeness (QED) is 0.886. The van der Waals surface area contributed by atoms with E-state index in [1.807, 2.05) is 6.92 Å². The lowest BCUT2D eigenvalue weighted by Gasteiger charge is -2.14. The Hall–Kier alpha value is -1.77. The van der Waals surface area contributed by atoms with Gasteiger partial charge in [0.1, 0.15) is 0 Å². The van der Waals surface area contributed by atoms with E-state index in [0.717, 1.165) is 24.6 Å². The summed E-state index contributed by atoms with van der Waals surface area (Å²) in [7, 11) is 0. The van der Waals surface area contributed by atoms with Crippen LogP contribution in [0.2, 0.25) is 0 Å². The summed E-state index contributed by atoms with van der Waals surface area (Å²) in [4.78, 5) is 4.55. The predicted molar refractivity (Wildman–Crippen MR) is 80.6 cm³/mol. The van der Waals surface area contributed by atoms with Gasteiger partial charge in [-0.15, -0.1) is 0 Å². The highest BCUT2D eigenvalue weighted by molar-refractivity contribution is 5.33. The molecule has 3 heteroatoms. The fraction of sp³-hybridized carbons (Fsp3) is 0.438. The molecule has 3 nitrogen and oxygen atoms in total. The number of nitrogens with one attached hydrogen (secondary N) is 1. The summed E-state index contributed by atoms with van der Waals surface area (Å²) in [6.07, 6.45) is 3.17. The molecule has 0 saturated heterocycles. The molecule has 0 bridgehead atoms. The topological polar surface area (TPSA) is 29.9 Å². The highest BCUT2D eigenvalue weighted by Crippen LogP contribution is 2.16. The molecule has 1 aromatic heterocycles. The van der Waals surface area contributed by atoms with Crippen molar-refractivity contribution < 1.29 is 0 Å². The molecule has 0 saturated carbocycles. The molecule has 0 aliphatic rings. The van der Waals surface area contributed by atoms with Crippen LogP contribution < -0.4 is 5.32 Å². The minimum absolute atomic E-state index is 0.391. The first-order chi connectivity index (χ1) is 9.10. The van der Waals surface area contributed by atoms with Crippen LogP contribution in [-0.4, -0.2) is 15.6 Å². The second-order valence-electron chi connectivity index (χ2n) is 5.26. The van der Waals surface area contributed by atoms with Crippen LogP contribution in [0.25, 0.3) is 0 Å². The summed E-state index contributed by atoms with van der Waals surface area (Å²) in [5, 5.41) is 3.40. The number of aryl methyl sites for hydroxylation is 2. The lowest BCUT2D eigenvalue weighted by atomic mass is 10.1. The Morgan fingerprint density at radius 1 is 1.21 bits per heavy atom. The van der Waals surface area contributed by atoms with E-state index in [0.29, 0.717) is 6.04 Å². The number of nitrogens with zero attached hydrogens (tertiary/aromatic N) is 2. The summed E-state index contributed by atoms with van der Waals surface area (Å²) in [6.45, 7) is 9.38. The van der Waals surface area contributed by atoms with Crippen molar-refractivity contribution in [2.45, 2.75) is 46.7 Å². The smallest absolute Gasteiger partial charge is 0.203 e. The Kier molecular flexibility index (Phi) is 4.25. The maximum absolute atomic E-state index is 4.55. The molecule has 0 radical (unpaired) electrons. The molecule has 2 aromatic rings. The molecule has 0 fully saturated rings. The van der Waals surface area contributed by atoms with Crippen LogP contribution in [0.15, 0.2) is 30.5 Å². The van der Waals surface area contributed by atoms with Gasteiger partial charge in [0.25, 0.3) is 0 Å². The molecular weight excluding hydrogens is 234 g/mol. The van der Waals surface area contributed by atoms with Crippen molar-refractivity contribution >= 4 is 5.95 Å². The van der Waals surface area contributed by atoms with Crippen LogP contribution in [-0.2, 0) is 13.0 Å². The Bertz CT molecular complexity index is 541. The van der Waals surface area contributed by atoms with Crippen molar-refractivity contribution in [3.63, 3.8) is 0 Å². The Balaban J connectivity index is 2.27. The minimum Gasteiger partial charge on any atom is -0.353 e. The standard InChI is InChI=1S/C16H23N3/c1-5-14-8-6-7-9-15(14)11-19-10-13(4)18-16(19)17-12(2)3/h6-10,12H,5,11H2,1-4H3,(H,17,18). The van der Waals surface area contributed by atoms with Crippen LogP contribution >= 0.6 is 0 Å². The van der Waals surface area contributed by atoms with Crippen LogP contribution in [0.4, 0.5) is 5.95 Å². The highest BCUT2D eigenvalue weighted by atomic mass is 15.2. The van der Waals surface area contributed by atoms with Crippen molar-refractivity contribution in [1.82, 2.24) is 9.55 Å². The van der Waals surface area contributed by atoms with E-state index in [4.69, 9.17) is 0 Å². The number of benzene rings is 1. The lowest BCUT2D eigenvalue weighted by Crippen LogP contribution is -2.15. The minimum atomic E-state index is 0.391. The number of rotatable bonds is 5. The largest absolute Gasteiger partial charge is 0.353 e. The molecule has 0 aliphatic heterocycles. The van der Waals surface area contributed by atoms with Crippen LogP contribution in [0.5, 0.6) is 0 Å². The van der Waals surface area contributed by atoms with E-state index in [1.54, 1.807) is 0 Å². The average Bonchev–Trinajstić information content (AvgIpc) is 2.69. The molecule has 0 unspecified atom stereocenters. The van der Waals surface area contributed by atoms with Crippen molar-refractivity contribution in [2.24, 2.45) is 0 Å². The summed E-state index contributed by atoms with van der Waals surface area (Å²) >= 11 is 0. The summed E-state index contributed by atoms with van der Waals surface area (Å²) in [5.41, 5.74) is 3.83. The van der Waals surface area contributed by atoms with E-state index >= 15 is 0 Å². The number of imidazole rings is 1. The molecule has 0 aliphatic carbocycles. The van der Waals surface area contributed by atoms with Gasteiger partial charge in [0.15, 0.2) is 0 Å². The van der Waals surface area contributed by atoms with E-state index < -0.39 is 0 Å². The van der Waals surface area contributed by atoms with E-state index in [1.165, 1.54) is 11.1 Å². The summed E-state index contributed by atoms with van der Waals surface area (Å²) in [5.74, 6) is 0.957. The van der Waals surface area contributed by atoms with Gasteiger partial charge in [-0.05, 0) is 38.3 Å². The van der Waals surface area contributed by atoms with Gasteiger partial charge >= 0.3 is 0 Å². The SMILES string of the molecule is CCc1ccccc1Cn1cc(C)nc1NC(C)C. The highest BCUT2D eigenvalue weighted by Gasteiger charge is 2.08. The number of anilines is 1. The summed E-state index contributed by atoms with van der Waals surface area (Å²) < 4.78 is 2.20. The fourth-order valence-electron chi connectivity index (χ4n) is 2.28. The second-order valence-corrected chi connectivity index (χ2v) is 5.26. The molecule has 19 heavy (non-hydrogen) atoms. The lowest BCUT2D eigenvalue weighted by molar-refractivity contribution is 0.767. The fourth-order valence-corrected chi connectivity index (χ4v) is 2.28. The molecule has 102 valence electrons. The predicted octanol–water partition coefficient (Wildman–Crippen LogP) is 3.62. The Morgan fingerprint density at radius 2 is 1.89 bits per heavy atom. The van der Waals surface area contributed by atoms with Crippen molar-refractivity contribution in [3.05, 3.63) is 47.3 Å². The first-order valence-electron chi connectivity index (χ1n) is 6.97. The maximum atomic E-state index is 4.55. The first kappa shape index (κ1) is 13.7. The van der Waals surface area contributed by atoms with Crippen molar-refractivity contribution in [3.8, 4) is 0 Å². The molecule has 0 atom stereocenters. The number of hydrogen-bond donors (Lipinski definition) is 1. The molecule has 2 rings (SSSR count).